The van der Waals surface area contributed by atoms with Gasteiger partial charge in [-0.05, 0) is 74.0 Å². The molecule has 146 valence electrons. The fraction of sp³-hybridized carbons (Fsp3) is 1.00. The van der Waals surface area contributed by atoms with Crippen molar-refractivity contribution in [2.45, 2.75) is 83.5 Å². The molecule has 3 heteroatoms. The minimum absolute atomic E-state index is 0.251. The summed E-state index contributed by atoms with van der Waals surface area (Å²) < 4.78 is 18.5. The van der Waals surface area contributed by atoms with E-state index in [2.05, 4.69) is 20.8 Å². The zero-order valence-corrected chi connectivity index (χ0v) is 16.9. The Balaban J connectivity index is 1.31. The lowest BCUT2D eigenvalue weighted by atomic mass is 9.43. The van der Waals surface area contributed by atoms with Crippen molar-refractivity contribution >= 4 is 0 Å². The first-order valence-corrected chi connectivity index (χ1v) is 11.3. The molecule has 2 heterocycles. The topological polar surface area (TPSA) is 31.0 Å². The van der Waals surface area contributed by atoms with E-state index in [4.69, 9.17) is 14.2 Å². The van der Waals surface area contributed by atoms with Crippen molar-refractivity contribution in [1.29, 1.82) is 0 Å². The molecule has 0 N–H and O–H groups in total. The van der Waals surface area contributed by atoms with E-state index in [9.17, 15) is 0 Å². The van der Waals surface area contributed by atoms with Gasteiger partial charge >= 0.3 is 0 Å². The molecule has 0 bridgehead atoms. The second-order valence-electron chi connectivity index (χ2n) is 11.3. The Kier molecular flexibility index (Phi) is 3.28. The summed E-state index contributed by atoms with van der Waals surface area (Å²) in [5.74, 6) is 3.82. The van der Waals surface area contributed by atoms with Gasteiger partial charge in [0.05, 0.1) is 25.4 Å². The molecule has 0 amide bonds. The molecule has 4 aliphatic carbocycles. The van der Waals surface area contributed by atoms with Crippen LogP contribution in [0.25, 0.3) is 0 Å². The SMILES string of the molecule is C[C@@H]1C[C@@]2(C)C(CCC3C2CC[C@@]2(C)C3CC[C@@]23CO3)CC12OCCO2. The van der Waals surface area contributed by atoms with Crippen molar-refractivity contribution in [2.24, 2.45) is 40.4 Å². The molecule has 4 unspecified atom stereocenters. The summed E-state index contributed by atoms with van der Waals surface area (Å²) in [6.07, 6.45) is 10.8. The van der Waals surface area contributed by atoms with Gasteiger partial charge in [-0.2, -0.15) is 0 Å². The van der Waals surface area contributed by atoms with Crippen LogP contribution in [0.1, 0.15) is 72.1 Å². The van der Waals surface area contributed by atoms with Crippen LogP contribution in [0.3, 0.4) is 0 Å². The number of fused-ring (bicyclic) bond motifs is 6. The fourth-order valence-electron chi connectivity index (χ4n) is 9.07. The van der Waals surface area contributed by atoms with Gasteiger partial charge in [0.15, 0.2) is 5.79 Å². The first-order valence-electron chi connectivity index (χ1n) is 11.3. The Hall–Kier alpha value is -0.120. The molecule has 3 nitrogen and oxygen atoms in total. The lowest BCUT2D eigenvalue weighted by Crippen LogP contribution is -2.59. The van der Waals surface area contributed by atoms with Crippen LogP contribution >= 0.6 is 0 Å². The summed E-state index contributed by atoms with van der Waals surface area (Å²) in [5, 5.41) is 0. The van der Waals surface area contributed by atoms with Crippen molar-refractivity contribution < 1.29 is 14.2 Å². The van der Waals surface area contributed by atoms with Crippen molar-refractivity contribution in [3.05, 3.63) is 0 Å². The summed E-state index contributed by atoms with van der Waals surface area (Å²) in [6, 6.07) is 0. The van der Waals surface area contributed by atoms with Crippen LogP contribution in [0.5, 0.6) is 0 Å². The minimum atomic E-state index is -0.251. The molecule has 26 heavy (non-hydrogen) atoms. The van der Waals surface area contributed by atoms with Crippen molar-refractivity contribution in [2.75, 3.05) is 19.8 Å². The normalized spacial score (nSPS) is 59.9. The molecule has 0 radical (unpaired) electrons. The number of hydrogen-bond donors (Lipinski definition) is 0. The van der Waals surface area contributed by atoms with E-state index in [1.54, 1.807) is 0 Å². The van der Waals surface area contributed by atoms with Crippen LogP contribution in [0.2, 0.25) is 0 Å². The van der Waals surface area contributed by atoms with Gasteiger partial charge < -0.3 is 14.2 Å². The molecule has 2 aliphatic heterocycles. The summed E-state index contributed by atoms with van der Waals surface area (Å²) in [7, 11) is 0. The van der Waals surface area contributed by atoms with Gasteiger partial charge in [-0.15, -0.1) is 0 Å². The number of hydrogen-bond acceptors (Lipinski definition) is 3. The zero-order valence-electron chi connectivity index (χ0n) is 16.9. The molecule has 0 aromatic carbocycles. The highest BCUT2D eigenvalue weighted by Gasteiger charge is 2.70. The first-order chi connectivity index (χ1) is 12.4. The average molecular weight is 361 g/mol. The Morgan fingerprint density at radius 1 is 0.808 bits per heavy atom. The summed E-state index contributed by atoms with van der Waals surface area (Å²) >= 11 is 0. The fourth-order valence-corrected chi connectivity index (χ4v) is 9.07. The third-order valence-corrected chi connectivity index (χ3v) is 10.7. The van der Waals surface area contributed by atoms with E-state index in [1.165, 1.54) is 44.9 Å². The molecule has 6 fully saturated rings. The van der Waals surface area contributed by atoms with Crippen molar-refractivity contribution in [1.82, 2.24) is 0 Å². The molecule has 6 rings (SSSR count). The Labute approximate surface area is 158 Å². The molecule has 2 spiro atoms. The largest absolute Gasteiger partial charge is 0.369 e. The van der Waals surface area contributed by atoms with E-state index in [1.807, 2.05) is 0 Å². The molecular weight excluding hydrogens is 324 g/mol. The predicted octanol–water partition coefficient (Wildman–Crippen LogP) is 4.79. The molecule has 4 saturated carbocycles. The van der Waals surface area contributed by atoms with E-state index >= 15 is 0 Å². The standard InChI is InChI=1S/C23H36O3/c1-15-12-20(2)16(13-23(15)24-10-11-25-23)4-5-17-18(20)6-8-21(3)19(17)7-9-22(21)14-26-22/h15-19H,4-14H2,1-3H3/t15-,16?,17?,18?,19?,20+,21+,22-/m1/s1. The van der Waals surface area contributed by atoms with Crippen LogP contribution < -0.4 is 0 Å². The highest BCUT2D eigenvalue weighted by atomic mass is 16.7. The van der Waals surface area contributed by atoms with Crippen LogP contribution in [-0.2, 0) is 14.2 Å². The summed E-state index contributed by atoms with van der Waals surface area (Å²) in [4.78, 5) is 0. The van der Waals surface area contributed by atoms with Crippen LogP contribution in [0, 0.1) is 40.4 Å². The lowest BCUT2D eigenvalue weighted by Gasteiger charge is -2.63. The molecule has 6 aliphatic rings. The minimum Gasteiger partial charge on any atom is -0.369 e. The van der Waals surface area contributed by atoms with Gasteiger partial charge in [-0.25, -0.2) is 0 Å². The number of ether oxygens (including phenoxy) is 3. The highest BCUT2D eigenvalue weighted by Crippen LogP contribution is 2.72. The van der Waals surface area contributed by atoms with Gasteiger partial charge in [-0.1, -0.05) is 20.8 Å². The lowest BCUT2D eigenvalue weighted by molar-refractivity contribution is -0.257. The maximum atomic E-state index is 6.21. The van der Waals surface area contributed by atoms with Crippen molar-refractivity contribution in [3.8, 4) is 0 Å². The van der Waals surface area contributed by atoms with E-state index in [-0.39, 0.29) is 11.4 Å². The average Bonchev–Trinajstić information content (AvgIpc) is 3.16. The molecule has 8 atom stereocenters. The highest BCUT2D eigenvalue weighted by molar-refractivity contribution is 5.19. The third-order valence-electron chi connectivity index (χ3n) is 10.7. The van der Waals surface area contributed by atoms with E-state index in [0.29, 0.717) is 16.7 Å². The number of epoxide rings is 1. The van der Waals surface area contributed by atoms with E-state index in [0.717, 1.165) is 49.9 Å². The van der Waals surface area contributed by atoms with E-state index < -0.39 is 0 Å². The summed E-state index contributed by atoms with van der Waals surface area (Å²) in [6.45, 7) is 10.3. The maximum Gasteiger partial charge on any atom is 0.171 e. The maximum absolute atomic E-state index is 6.21. The number of rotatable bonds is 0. The second kappa shape index (κ2) is 5.07. The molecule has 0 aromatic heterocycles. The first kappa shape index (κ1) is 16.8. The molecular formula is C23H36O3. The van der Waals surface area contributed by atoms with Gasteiger partial charge in [0.25, 0.3) is 0 Å². The monoisotopic (exact) mass is 360 g/mol. The van der Waals surface area contributed by atoms with Gasteiger partial charge in [0.1, 0.15) is 0 Å². The van der Waals surface area contributed by atoms with Crippen molar-refractivity contribution in [3.63, 3.8) is 0 Å². The third kappa shape index (κ3) is 1.86. The van der Waals surface area contributed by atoms with Gasteiger partial charge in [0.2, 0.25) is 0 Å². The molecule has 2 saturated heterocycles. The Bertz CT molecular complexity index is 607. The predicted molar refractivity (Wildman–Crippen MR) is 99.6 cm³/mol. The van der Waals surface area contributed by atoms with Gasteiger partial charge in [0, 0.05) is 17.8 Å². The zero-order chi connectivity index (χ0) is 17.8. The smallest absolute Gasteiger partial charge is 0.171 e. The quantitative estimate of drug-likeness (QED) is 0.582. The second-order valence-corrected chi connectivity index (χ2v) is 11.3. The van der Waals surface area contributed by atoms with Crippen LogP contribution in [0.15, 0.2) is 0 Å². The summed E-state index contributed by atoms with van der Waals surface area (Å²) in [5.41, 5.74) is 1.25. The van der Waals surface area contributed by atoms with Crippen LogP contribution in [0.4, 0.5) is 0 Å². The Morgan fingerprint density at radius 2 is 1.54 bits per heavy atom. The Morgan fingerprint density at radius 3 is 2.27 bits per heavy atom. The van der Waals surface area contributed by atoms with Crippen LogP contribution in [-0.4, -0.2) is 31.2 Å². The molecule has 0 aromatic rings. The van der Waals surface area contributed by atoms with Gasteiger partial charge in [-0.3, -0.25) is 0 Å².